The quantitative estimate of drug-likeness (QED) is 0.611. The van der Waals surface area contributed by atoms with Crippen molar-refractivity contribution in [3.8, 4) is 0 Å². The number of nitrogens with two attached hydrogens (primary N) is 1. The highest BCUT2D eigenvalue weighted by atomic mass is 16.4. The molecule has 0 aromatic carbocycles. The number of aliphatic carboxylic acids is 1. The molecule has 4 N–H and O–H groups in total. The third kappa shape index (κ3) is 3.20. The molecule has 0 bridgehead atoms. The first-order chi connectivity index (χ1) is 7.47. The monoisotopic (exact) mass is 228 g/mol. The van der Waals surface area contributed by atoms with Crippen LogP contribution in [0.15, 0.2) is 0 Å². The Balaban J connectivity index is 2.51. The average Bonchev–Trinajstić information content (AvgIpc) is 3.06. The van der Waals surface area contributed by atoms with Crippen LogP contribution in [0.1, 0.15) is 33.1 Å². The third-order valence-electron chi connectivity index (χ3n) is 3.22. The summed E-state index contributed by atoms with van der Waals surface area (Å²) in [5.41, 5.74) is 5.74. The fourth-order valence-corrected chi connectivity index (χ4v) is 1.57. The summed E-state index contributed by atoms with van der Waals surface area (Å²) in [5.74, 6) is -1.17. The molecule has 1 rings (SSSR count). The summed E-state index contributed by atoms with van der Waals surface area (Å²) in [4.78, 5) is 22.6. The zero-order valence-electron chi connectivity index (χ0n) is 9.77. The van der Waals surface area contributed by atoms with Gasteiger partial charge in [-0.15, -0.1) is 0 Å². The van der Waals surface area contributed by atoms with Gasteiger partial charge in [0.1, 0.15) is 6.04 Å². The predicted octanol–water partition coefficient (Wildman–Crippen LogP) is 0.339. The topological polar surface area (TPSA) is 92.4 Å². The van der Waals surface area contributed by atoms with Crippen molar-refractivity contribution in [2.45, 2.75) is 45.2 Å². The molecular weight excluding hydrogens is 208 g/mol. The van der Waals surface area contributed by atoms with Gasteiger partial charge in [0, 0.05) is 0 Å². The standard InChI is InChI=1S/C11H20N2O3/c1-3-6(2)8(12)10(14)13-9(11(15)16)7-4-5-7/h6-9H,3-5,12H2,1-2H3,(H,13,14)(H,15,16)/t6-,8-,9?/m0/s1. The van der Waals surface area contributed by atoms with Gasteiger partial charge in [-0.05, 0) is 24.7 Å². The van der Waals surface area contributed by atoms with Crippen LogP contribution in [0.3, 0.4) is 0 Å². The van der Waals surface area contributed by atoms with E-state index in [4.69, 9.17) is 10.8 Å². The highest BCUT2D eigenvalue weighted by Gasteiger charge is 2.38. The Kier molecular flexibility index (Phi) is 4.29. The number of carboxylic acids is 1. The molecule has 1 saturated carbocycles. The van der Waals surface area contributed by atoms with Crippen molar-refractivity contribution in [3.05, 3.63) is 0 Å². The first-order valence-corrected chi connectivity index (χ1v) is 5.76. The molecule has 0 heterocycles. The SMILES string of the molecule is CC[C@H](C)[C@H](N)C(=O)NC(C(=O)O)C1CC1. The minimum atomic E-state index is -0.966. The van der Waals surface area contributed by atoms with Gasteiger partial charge in [-0.25, -0.2) is 4.79 Å². The van der Waals surface area contributed by atoms with Crippen LogP contribution in [0.2, 0.25) is 0 Å². The van der Waals surface area contributed by atoms with Crippen LogP contribution in [0.4, 0.5) is 0 Å². The lowest BCUT2D eigenvalue weighted by Crippen LogP contribution is -2.51. The zero-order valence-corrected chi connectivity index (χ0v) is 9.77. The van der Waals surface area contributed by atoms with Crippen LogP contribution < -0.4 is 11.1 Å². The second-order valence-corrected chi connectivity index (χ2v) is 4.57. The number of carboxylic acid groups (broad SMARTS) is 1. The summed E-state index contributed by atoms with van der Waals surface area (Å²) >= 11 is 0. The Morgan fingerprint density at radius 2 is 2.06 bits per heavy atom. The van der Waals surface area contributed by atoms with Crippen LogP contribution in [0.5, 0.6) is 0 Å². The lowest BCUT2D eigenvalue weighted by molar-refractivity contribution is -0.142. The van der Waals surface area contributed by atoms with Crippen molar-refractivity contribution >= 4 is 11.9 Å². The van der Waals surface area contributed by atoms with Crippen LogP contribution in [0, 0.1) is 11.8 Å². The Hall–Kier alpha value is -1.10. The fraction of sp³-hybridized carbons (Fsp3) is 0.818. The Labute approximate surface area is 95.4 Å². The highest BCUT2D eigenvalue weighted by Crippen LogP contribution is 2.32. The molecule has 1 amide bonds. The molecule has 0 spiro atoms. The number of carbonyl (C=O) groups excluding carboxylic acids is 1. The Bertz CT molecular complexity index is 276. The number of rotatable bonds is 6. The van der Waals surface area contributed by atoms with Crippen LogP contribution in [-0.4, -0.2) is 29.1 Å². The van der Waals surface area contributed by atoms with Crippen molar-refractivity contribution < 1.29 is 14.7 Å². The van der Waals surface area contributed by atoms with Gasteiger partial charge in [-0.3, -0.25) is 4.79 Å². The van der Waals surface area contributed by atoms with Crippen molar-refractivity contribution in [2.24, 2.45) is 17.6 Å². The van der Waals surface area contributed by atoms with Crippen LogP contribution >= 0.6 is 0 Å². The number of carbonyl (C=O) groups is 2. The number of amides is 1. The number of hydrogen-bond donors (Lipinski definition) is 3. The van der Waals surface area contributed by atoms with Gasteiger partial charge >= 0.3 is 5.97 Å². The van der Waals surface area contributed by atoms with E-state index < -0.39 is 18.1 Å². The highest BCUT2D eigenvalue weighted by molar-refractivity contribution is 5.87. The summed E-state index contributed by atoms with van der Waals surface area (Å²) in [7, 11) is 0. The van der Waals surface area contributed by atoms with Gasteiger partial charge in [0.05, 0.1) is 6.04 Å². The predicted molar refractivity (Wildman–Crippen MR) is 59.7 cm³/mol. The van der Waals surface area contributed by atoms with E-state index in [1.807, 2.05) is 13.8 Å². The summed E-state index contributed by atoms with van der Waals surface area (Å²) in [6.07, 6.45) is 2.54. The van der Waals surface area contributed by atoms with Gasteiger partial charge in [-0.2, -0.15) is 0 Å². The normalized spacial score (nSPS) is 20.9. The lowest BCUT2D eigenvalue weighted by Gasteiger charge is -2.20. The molecule has 0 radical (unpaired) electrons. The molecule has 92 valence electrons. The fourth-order valence-electron chi connectivity index (χ4n) is 1.57. The maximum atomic E-state index is 11.7. The van der Waals surface area contributed by atoms with E-state index in [0.717, 1.165) is 19.3 Å². The molecule has 0 aromatic rings. The smallest absolute Gasteiger partial charge is 0.326 e. The van der Waals surface area contributed by atoms with Crippen LogP contribution in [0.25, 0.3) is 0 Å². The van der Waals surface area contributed by atoms with Gasteiger partial charge < -0.3 is 16.2 Å². The third-order valence-corrected chi connectivity index (χ3v) is 3.22. The van der Waals surface area contributed by atoms with E-state index in [1.54, 1.807) is 0 Å². The molecule has 1 aliphatic rings. The molecule has 5 heteroatoms. The van der Waals surface area contributed by atoms with Crippen molar-refractivity contribution in [3.63, 3.8) is 0 Å². The van der Waals surface area contributed by atoms with E-state index in [2.05, 4.69) is 5.32 Å². The Morgan fingerprint density at radius 3 is 2.44 bits per heavy atom. The number of nitrogens with one attached hydrogen (secondary N) is 1. The second-order valence-electron chi connectivity index (χ2n) is 4.57. The molecular formula is C11H20N2O3. The molecule has 1 fully saturated rings. The van der Waals surface area contributed by atoms with Crippen molar-refractivity contribution in [1.82, 2.24) is 5.32 Å². The maximum absolute atomic E-state index is 11.7. The van der Waals surface area contributed by atoms with E-state index in [0.29, 0.717) is 0 Å². The van der Waals surface area contributed by atoms with E-state index in [9.17, 15) is 9.59 Å². The molecule has 0 aromatic heterocycles. The Morgan fingerprint density at radius 1 is 1.50 bits per heavy atom. The van der Waals surface area contributed by atoms with Gasteiger partial charge in [0.2, 0.25) is 5.91 Å². The molecule has 0 saturated heterocycles. The molecule has 0 aliphatic heterocycles. The summed E-state index contributed by atoms with van der Waals surface area (Å²) in [6, 6.07) is -1.38. The summed E-state index contributed by atoms with van der Waals surface area (Å²) < 4.78 is 0. The molecule has 1 unspecified atom stereocenters. The second kappa shape index (κ2) is 5.30. The zero-order chi connectivity index (χ0) is 12.3. The van der Waals surface area contributed by atoms with Gasteiger partial charge in [0.25, 0.3) is 0 Å². The van der Waals surface area contributed by atoms with E-state index in [-0.39, 0.29) is 17.7 Å². The minimum Gasteiger partial charge on any atom is -0.480 e. The average molecular weight is 228 g/mol. The molecule has 3 atom stereocenters. The van der Waals surface area contributed by atoms with Gasteiger partial charge in [-0.1, -0.05) is 20.3 Å². The van der Waals surface area contributed by atoms with Gasteiger partial charge in [0.15, 0.2) is 0 Å². The summed E-state index contributed by atoms with van der Waals surface area (Å²) in [5, 5.41) is 11.5. The molecule has 5 nitrogen and oxygen atoms in total. The maximum Gasteiger partial charge on any atom is 0.326 e. The van der Waals surface area contributed by atoms with E-state index in [1.165, 1.54) is 0 Å². The largest absolute Gasteiger partial charge is 0.480 e. The van der Waals surface area contributed by atoms with Crippen LogP contribution in [-0.2, 0) is 9.59 Å². The molecule has 16 heavy (non-hydrogen) atoms. The first-order valence-electron chi connectivity index (χ1n) is 5.76. The number of hydrogen-bond acceptors (Lipinski definition) is 3. The molecule has 1 aliphatic carbocycles. The first kappa shape index (κ1) is 13.0. The van der Waals surface area contributed by atoms with E-state index >= 15 is 0 Å². The lowest BCUT2D eigenvalue weighted by atomic mass is 9.99. The van der Waals surface area contributed by atoms with Crippen molar-refractivity contribution in [2.75, 3.05) is 0 Å². The van der Waals surface area contributed by atoms with Crippen molar-refractivity contribution in [1.29, 1.82) is 0 Å². The minimum absolute atomic E-state index is 0.0636. The summed E-state index contributed by atoms with van der Waals surface area (Å²) in [6.45, 7) is 3.84.